The molecule has 1 N–H and O–H groups in total. The van der Waals surface area contributed by atoms with E-state index < -0.39 is 0 Å². The molecule has 0 saturated heterocycles. The minimum absolute atomic E-state index is 0.175. The Bertz CT molecular complexity index is 1180. The Morgan fingerprint density at radius 1 is 0.931 bits per heavy atom. The number of amides is 1. The smallest absolute Gasteiger partial charge is 0.277 e. The Labute approximate surface area is 167 Å². The van der Waals surface area contributed by atoms with Gasteiger partial charge < -0.3 is 0 Å². The average molecular weight is 383 g/mol. The fourth-order valence-electron chi connectivity index (χ4n) is 3.90. The Hall–Kier alpha value is -3.73. The van der Waals surface area contributed by atoms with Crippen LogP contribution in [0.1, 0.15) is 33.2 Å². The molecule has 1 amide bonds. The molecule has 0 aliphatic carbocycles. The van der Waals surface area contributed by atoms with Crippen molar-refractivity contribution in [3.05, 3.63) is 107 Å². The lowest BCUT2D eigenvalue weighted by Crippen LogP contribution is -2.29. The van der Waals surface area contributed by atoms with E-state index in [0.717, 1.165) is 27.9 Å². The van der Waals surface area contributed by atoms with Gasteiger partial charge in [0, 0.05) is 16.8 Å². The fourth-order valence-corrected chi connectivity index (χ4v) is 3.90. The summed E-state index contributed by atoms with van der Waals surface area (Å²) >= 11 is 0. The summed E-state index contributed by atoms with van der Waals surface area (Å²) in [6, 6.07) is 23.6. The van der Waals surface area contributed by atoms with Gasteiger partial charge in [0.25, 0.3) is 5.91 Å². The first-order valence-electron chi connectivity index (χ1n) is 9.43. The molecule has 3 aromatic carbocycles. The first-order chi connectivity index (χ1) is 14.1. The molecule has 0 radical (unpaired) electrons. The predicted octanol–water partition coefficient (Wildman–Crippen LogP) is 5.27. The van der Waals surface area contributed by atoms with Crippen LogP contribution in [0.5, 0.6) is 0 Å². The molecule has 29 heavy (non-hydrogen) atoms. The fraction of sp³-hybridized carbons (Fsp3) is 0.0833. The molecule has 0 bridgehead atoms. The molecule has 142 valence electrons. The van der Waals surface area contributed by atoms with Crippen LogP contribution in [0.15, 0.2) is 78.9 Å². The molecule has 0 saturated carbocycles. The van der Waals surface area contributed by atoms with Gasteiger partial charge in [0.1, 0.15) is 11.5 Å². The van der Waals surface area contributed by atoms with Gasteiger partial charge in [-0.25, -0.2) is 4.39 Å². The topological polar surface area (TPSA) is 49.0 Å². The van der Waals surface area contributed by atoms with Crippen molar-refractivity contribution in [2.24, 2.45) is 0 Å². The molecule has 5 rings (SSSR count). The SMILES string of the molecule is Cc1ccc(-c2n[nH]c3c2C(c2ccccc2)N(c2ccc(F)cc2)C3=O)cc1. The van der Waals surface area contributed by atoms with Crippen LogP contribution in [0.4, 0.5) is 10.1 Å². The van der Waals surface area contributed by atoms with Crippen LogP contribution in [0.2, 0.25) is 0 Å². The maximum absolute atomic E-state index is 13.5. The number of hydrogen-bond acceptors (Lipinski definition) is 2. The van der Waals surface area contributed by atoms with Gasteiger partial charge in [-0.3, -0.25) is 14.8 Å². The van der Waals surface area contributed by atoms with Gasteiger partial charge in [-0.2, -0.15) is 5.10 Å². The molecule has 2 heterocycles. The minimum atomic E-state index is -0.348. The molecular formula is C24H18FN3O. The second-order valence-corrected chi connectivity index (χ2v) is 7.19. The van der Waals surface area contributed by atoms with Gasteiger partial charge in [0.05, 0.1) is 11.7 Å². The number of rotatable bonds is 3. The number of carbonyl (C=O) groups is 1. The second kappa shape index (κ2) is 6.71. The standard InChI is InChI=1S/C24H18FN3O/c1-15-7-9-16(10-8-15)21-20-22(27-26-21)24(29)28(19-13-11-18(25)12-14-19)23(20)17-5-3-2-4-6-17/h2-14,23H,1H3,(H,26,27). The molecule has 0 spiro atoms. The van der Waals surface area contributed by atoms with Crippen molar-refractivity contribution in [2.75, 3.05) is 4.90 Å². The van der Waals surface area contributed by atoms with Crippen LogP contribution >= 0.6 is 0 Å². The largest absolute Gasteiger partial charge is 0.295 e. The van der Waals surface area contributed by atoms with Gasteiger partial charge in [-0.1, -0.05) is 60.2 Å². The van der Waals surface area contributed by atoms with Gasteiger partial charge in [-0.15, -0.1) is 0 Å². The summed E-state index contributed by atoms with van der Waals surface area (Å²) in [7, 11) is 0. The number of aromatic nitrogens is 2. The lowest BCUT2D eigenvalue weighted by Gasteiger charge is -2.26. The number of halogens is 1. The highest BCUT2D eigenvalue weighted by molar-refractivity contribution is 6.11. The Morgan fingerprint density at radius 2 is 1.62 bits per heavy atom. The van der Waals surface area contributed by atoms with Gasteiger partial charge in [0.15, 0.2) is 0 Å². The molecule has 1 aromatic heterocycles. The Morgan fingerprint density at radius 3 is 2.31 bits per heavy atom. The first kappa shape index (κ1) is 17.4. The number of aromatic amines is 1. The Kier molecular flexibility index (Phi) is 4.02. The van der Waals surface area contributed by atoms with Crippen molar-refractivity contribution < 1.29 is 9.18 Å². The number of benzene rings is 3. The average Bonchev–Trinajstić information content (AvgIpc) is 3.29. The van der Waals surface area contributed by atoms with E-state index in [1.54, 1.807) is 17.0 Å². The van der Waals surface area contributed by atoms with Crippen LogP contribution < -0.4 is 4.90 Å². The highest BCUT2D eigenvalue weighted by Gasteiger charge is 2.42. The summed E-state index contributed by atoms with van der Waals surface area (Å²) in [4.78, 5) is 15.0. The molecule has 1 aliphatic rings. The summed E-state index contributed by atoms with van der Waals surface area (Å²) in [5.41, 5.74) is 5.79. The van der Waals surface area contributed by atoms with Gasteiger partial charge in [-0.05, 0) is 36.8 Å². The van der Waals surface area contributed by atoms with Crippen molar-refractivity contribution in [1.29, 1.82) is 0 Å². The normalized spacial score (nSPS) is 15.6. The number of anilines is 1. The molecule has 4 aromatic rings. The highest BCUT2D eigenvalue weighted by Crippen LogP contribution is 2.44. The van der Waals surface area contributed by atoms with E-state index in [1.165, 1.54) is 12.1 Å². The molecule has 1 unspecified atom stereocenters. The van der Waals surface area contributed by atoms with E-state index >= 15 is 0 Å². The van der Waals surface area contributed by atoms with Crippen LogP contribution in [0, 0.1) is 12.7 Å². The number of nitrogens with zero attached hydrogens (tertiary/aromatic N) is 2. The van der Waals surface area contributed by atoms with E-state index in [2.05, 4.69) is 10.2 Å². The molecular weight excluding hydrogens is 365 g/mol. The zero-order valence-corrected chi connectivity index (χ0v) is 15.8. The summed E-state index contributed by atoms with van der Waals surface area (Å²) < 4.78 is 13.5. The van der Waals surface area contributed by atoms with E-state index in [1.807, 2.05) is 61.5 Å². The number of nitrogens with one attached hydrogen (secondary N) is 1. The number of hydrogen-bond donors (Lipinski definition) is 1. The number of H-pyrrole nitrogens is 1. The van der Waals surface area contributed by atoms with E-state index in [-0.39, 0.29) is 17.8 Å². The van der Waals surface area contributed by atoms with Crippen molar-refractivity contribution in [3.8, 4) is 11.3 Å². The van der Waals surface area contributed by atoms with Crippen LogP contribution in [-0.2, 0) is 0 Å². The van der Waals surface area contributed by atoms with Crippen LogP contribution in [0.25, 0.3) is 11.3 Å². The maximum atomic E-state index is 13.5. The molecule has 5 heteroatoms. The zero-order valence-electron chi connectivity index (χ0n) is 15.8. The van der Waals surface area contributed by atoms with Gasteiger partial charge >= 0.3 is 0 Å². The number of aryl methyl sites for hydroxylation is 1. The van der Waals surface area contributed by atoms with Crippen molar-refractivity contribution in [1.82, 2.24) is 10.2 Å². The summed E-state index contributed by atoms with van der Waals surface area (Å²) in [5, 5.41) is 7.42. The van der Waals surface area contributed by atoms with E-state index in [0.29, 0.717) is 11.4 Å². The Balaban J connectivity index is 1.71. The summed E-state index contributed by atoms with van der Waals surface area (Å²) in [6.45, 7) is 2.03. The predicted molar refractivity (Wildman–Crippen MR) is 110 cm³/mol. The third-order valence-corrected chi connectivity index (χ3v) is 5.31. The lowest BCUT2D eigenvalue weighted by molar-refractivity contribution is 0.0988. The van der Waals surface area contributed by atoms with Crippen LogP contribution in [0.3, 0.4) is 0 Å². The summed E-state index contributed by atoms with van der Waals surface area (Å²) in [5.74, 6) is -0.511. The van der Waals surface area contributed by atoms with Crippen molar-refractivity contribution >= 4 is 11.6 Å². The van der Waals surface area contributed by atoms with Gasteiger partial charge in [0.2, 0.25) is 0 Å². The lowest BCUT2D eigenvalue weighted by atomic mass is 9.95. The zero-order chi connectivity index (χ0) is 20.0. The number of fused-ring (bicyclic) bond motifs is 1. The third kappa shape index (κ3) is 2.83. The highest BCUT2D eigenvalue weighted by atomic mass is 19.1. The maximum Gasteiger partial charge on any atom is 0.277 e. The third-order valence-electron chi connectivity index (χ3n) is 5.31. The van der Waals surface area contributed by atoms with E-state index in [9.17, 15) is 9.18 Å². The number of carbonyl (C=O) groups excluding carboxylic acids is 1. The minimum Gasteiger partial charge on any atom is -0.295 e. The van der Waals surface area contributed by atoms with Crippen molar-refractivity contribution in [3.63, 3.8) is 0 Å². The molecule has 4 nitrogen and oxygen atoms in total. The molecule has 1 atom stereocenters. The van der Waals surface area contributed by atoms with Crippen LogP contribution in [-0.4, -0.2) is 16.1 Å². The second-order valence-electron chi connectivity index (χ2n) is 7.19. The quantitative estimate of drug-likeness (QED) is 0.524. The van der Waals surface area contributed by atoms with Crippen molar-refractivity contribution in [2.45, 2.75) is 13.0 Å². The first-order valence-corrected chi connectivity index (χ1v) is 9.43. The summed E-state index contributed by atoms with van der Waals surface area (Å²) in [6.07, 6.45) is 0. The molecule has 0 fully saturated rings. The van der Waals surface area contributed by atoms with E-state index in [4.69, 9.17) is 0 Å². The monoisotopic (exact) mass is 383 g/mol. The molecule has 1 aliphatic heterocycles.